The average Bonchev–Trinajstić information content (AvgIpc) is 3.25. The predicted molar refractivity (Wildman–Crippen MR) is 142 cm³/mol. The summed E-state index contributed by atoms with van der Waals surface area (Å²) in [4.78, 5) is 23.4. The van der Waals surface area contributed by atoms with Gasteiger partial charge >= 0.3 is 0 Å². The number of hydrogen-bond donors (Lipinski definition) is 2. The van der Waals surface area contributed by atoms with Gasteiger partial charge < -0.3 is 16.0 Å². The maximum absolute atomic E-state index is 11.6. The fourth-order valence-corrected chi connectivity index (χ4v) is 5.01. The molecule has 0 bridgehead atoms. The third-order valence-corrected chi connectivity index (χ3v) is 6.76. The van der Waals surface area contributed by atoms with Crippen LogP contribution in [0.2, 0.25) is 0 Å². The Morgan fingerprint density at radius 1 is 1.19 bits per heavy atom. The lowest BCUT2D eigenvalue weighted by molar-refractivity contribution is -0.123. The smallest absolute Gasteiger partial charge is 0.221 e. The first-order chi connectivity index (χ1) is 15.0. The molecule has 0 spiro atoms. The molecule has 7 nitrogen and oxygen atoms in total. The molecule has 32 heavy (non-hydrogen) atoms. The molecule has 1 aromatic rings. The van der Waals surface area contributed by atoms with Crippen LogP contribution in [-0.4, -0.2) is 78.9 Å². The number of guanidine groups is 1. The van der Waals surface area contributed by atoms with Crippen LogP contribution in [0.15, 0.2) is 29.3 Å². The lowest BCUT2D eigenvalue weighted by atomic mass is 9.97. The fourth-order valence-electron chi connectivity index (χ4n) is 5.01. The number of rotatable bonds is 8. The van der Waals surface area contributed by atoms with E-state index in [0.717, 1.165) is 71.2 Å². The van der Waals surface area contributed by atoms with E-state index in [-0.39, 0.29) is 35.8 Å². The van der Waals surface area contributed by atoms with E-state index in [1.165, 1.54) is 17.5 Å². The first-order valence-corrected chi connectivity index (χ1v) is 11.8. The third kappa shape index (κ3) is 7.31. The molecule has 2 aliphatic heterocycles. The van der Waals surface area contributed by atoms with Crippen molar-refractivity contribution >= 4 is 35.8 Å². The summed E-state index contributed by atoms with van der Waals surface area (Å²) in [6.07, 6.45) is 3.15. The first kappa shape index (κ1) is 26.9. The van der Waals surface area contributed by atoms with Crippen molar-refractivity contribution in [2.24, 2.45) is 16.6 Å². The molecule has 0 aromatic heterocycles. The monoisotopic (exact) mass is 556 g/mol. The number of aliphatic imine (C=N–C) groups is 1. The average molecular weight is 557 g/mol. The number of halogens is 1. The molecule has 0 saturated carbocycles. The molecule has 1 amide bonds. The van der Waals surface area contributed by atoms with Crippen LogP contribution in [0, 0.1) is 5.92 Å². The Hall–Kier alpha value is -1.39. The van der Waals surface area contributed by atoms with E-state index >= 15 is 0 Å². The molecule has 2 unspecified atom stereocenters. The van der Waals surface area contributed by atoms with Gasteiger partial charge in [-0.25, -0.2) is 0 Å². The number of hydrogen-bond acceptors (Lipinski definition) is 4. The van der Waals surface area contributed by atoms with Gasteiger partial charge in [0.2, 0.25) is 5.91 Å². The maximum atomic E-state index is 11.6. The Balaban J connectivity index is 0.00000363. The molecule has 3 N–H and O–H groups in total. The first-order valence-electron chi connectivity index (χ1n) is 11.8. The van der Waals surface area contributed by atoms with Crippen LogP contribution in [0.4, 0.5) is 0 Å². The molecule has 2 heterocycles. The Morgan fingerprint density at radius 2 is 1.94 bits per heavy atom. The number of carbonyl (C=O) groups is 1. The number of carbonyl (C=O) groups excluding carboxylic acids is 1. The van der Waals surface area contributed by atoms with E-state index in [0.29, 0.717) is 6.04 Å². The zero-order chi connectivity index (χ0) is 22.2. The molecule has 1 aromatic carbocycles. The van der Waals surface area contributed by atoms with Crippen LogP contribution in [0.25, 0.3) is 0 Å². The van der Waals surface area contributed by atoms with Crippen molar-refractivity contribution in [3.8, 4) is 0 Å². The number of nitrogens with two attached hydrogens (primary N) is 1. The molecule has 0 radical (unpaired) electrons. The lowest BCUT2D eigenvalue weighted by Gasteiger charge is -2.31. The predicted octanol–water partition coefficient (Wildman–Crippen LogP) is 2.49. The van der Waals surface area contributed by atoms with Gasteiger partial charge in [0.05, 0.1) is 5.92 Å². The molecular weight excluding hydrogens is 515 g/mol. The zero-order valence-electron chi connectivity index (χ0n) is 19.9. The summed E-state index contributed by atoms with van der Waals surface area (Å²) >= 11 is 0. The largest absolute Gasteiger partial charge is 0.369 e. The Labute approximate surface area is 210 Å². The summed E-state index contributed by atoms with van der Waals surface area (Å²) in [6, 6.07) is 9.33. The van der Waals surface area contributed by atoms with Gasteiger partial charge in [-0.3, -0.25) is 19.6 Å². The normalized spacial score (nSPS) is 22.1. The number of likely N-dealkylation sites (tertiary alicyclic amines) is 2. The van der Waals surface area contributed by atoms with E-state index in [1.54, 1.807) is 0 Å². The van der Waals surface area contributed by atoms with E-state index in [4.69, 9.17) is 5.73 Å². The molecule has 8 heteroatoms. The van der Waals surface area contributed by atoms with Crippen LogP contribution >= 0.6 is 24.0 Å². The highest BCUT2D eigenvalue weighted by Crippen LogP contribution is 2.19. The molecule has 3 rings (SSSR count). The molecule has 2 fully saturated rings. The number of likely N-dealkylation sites (N-methyl/N-ethyl adjacent to an activating group) is 1. The number of nitrogens with one attached hydrogen (secondary N) is 1. The van der Waals surface area contributed by atoms with E-state index < -0.39 is 0 Å². The van der Waals surface area contributed by atoms with Crippen molar-refractivity contribution in [1.82, 2.24) is 20.0 Å². The second kappa shape index (κ2) is 13.3. The van der Waals surface area contributed by atoms with Crippen molar-refractivity contribution in [3.05, 3.63) is 35.4 Å². The Morgan fingerprint density at radius 3 is 2.62 bits per heavy atom. The lowest BCUT2D eigenvalue weighted by Crippen LogP contribution is -2.43. The summed E-state index contributed by atoms with van der Waals surface area (Å²) in [6.45, 7) is 12.2. The van der Waals surface area contributed by atoms with Crippen LogP contribution in [0.5, 0.6) is 0 Å². The van der Waals surface area contributed by atoms with Crippen LogP contribution in [0.3, 0.4) is 0 Å². The van der Waals surface area contributed by atoms with Gasteiger partial charge in [-0.2, -0.15) is 0 Å². The number of amides is 1. The number of piperidine rings is 1. The van der Waals surface area contributed by atoms with Gasteiger partial charge in [0, 0.05) is 45.8 Å². The quantitative estimate of drug-likeness (QED) is 0.293. The van der Waals surface area contributed by atoms with Crippen LogP contribution in [-0.2, 0) is 17.9 Å². The summed E-state index contributed by atoms with van der Waals surface area (Å²) in [5, 5.41) is 3.56. The molecular formula is C24H41IN6O. The van der Waals surface area contributed by atoms with Crippen LogP contribution in [0.1, 0.15) is 44.2 Å². The van der Waals surface area contributed by atoms with Gasteiger partial charge in [-0.15, -0.1) is 24.0 Å². The Bertz CT molecular complexity index is 754. The minimum Gasteiger partial charge on any atom is -0.369 e. The standard InChI is InChI=1S/C24H40N6O.HI/c1-4-29(5-2)22-11-13-30(18-22)24(26-3)27-15-19-8-6-9-20(14-19)16-28-12-7-10-21(17-28)23(25)31;/h6,8-9,14,21-22H,4-5,7,10-13,15-18H2,1-3H3,(H2,25,31)(H,26,27);1H. The Kier molecular flexibility index (Phi) is 11.2. The highest BCUT2D eigenvalue weighted by molar-refractivity contribution is 14.0. The van der Waals surface area contributed by atoms with Gasteiger partial charge in [0.1, 0.15) is 0 Å². The van der Waals surface area contributed by atoms with Crippen molar-refractivity contribution in [1.29, 1.82) is 0 Å². The second-order valence-corrected chi connectivity index (χ2v) is 8.81. The van der Waals surface area contributed by atoms with Crippen LogP contribution < -0.4 is 11.1 Å². The molecule has 2 atom stereocenters. The van der Waals surface area contributed by atoms with Gasteiger partial charge in [0.25, 0.3) is 0 Å². The highest BCUT2D eigenvalue weighted by Gasteiger charge is 2.28. The van der Waals surface area contributed by atoms with E-state index in [9.17, 15) is 4.79 Å². The van der Waals surface area contributed by atoms with Crippen molar-refractivity contribution in [2.45, 2.75) is 52.2 Å². The minimum atomic E-state index is -0.167. The topological polar surface area (TPSA) is 77.2 Å². The number of nitrogens with zero attached hydrogens (tertiary/aromatic N) is 4. The summed E-state index contributed by atoms with van der Waals surface area (Å²) in [5.74, 6) is 0.808. The van der Waals surface area contributed by atoms with Gasteiger partial charge in [-0.1, -0.05) is 38.1 Å². The molecule has 2 saturated heterocycles. The molecule has 2 aliphatic rings. The minimum absolute atomic E-state index is 0. The summed E-state index contributed by atoms with van der Waals surface area (Å²) < 4.78 is 0. The SMILES string of the molecule is CCN(CC)C1CCN(C(=NC)NCc2cccc(CN3CCCC(C(N)=O)C3)c2)C1.I. The number of primary amides is 1. The zero-order valence-corrected chi connectivity index (χ0v) is 22.3. The summed E-state index contributed by atoms with van der Waals surface area (Å²) in [7, 11) is 1.87. The fraction of sp³-hybridized carbons (Fsp3) is 0.667. The maximum Gasteiger partial charge on any atom is 0.221 e. The third-order valence-electron chi connectivity index (χ3n) is 6.76. The van der Waals surface area contributed by atoms with E-state index in [2.05, 4.69) is 63.1 Å². The molecule has 0 aliphatic carbocycles. The van der Waals surface area contributed by atoms with Gasteiger partial charge in [-0.05, 0) is 50.0 Å². The number of benzene rings is 1. The van der Waals surface area contributed by atoms with Crippen molar-refractivity contribution in [2.75, 3.05) is 46.3 Å². The highest BCUT2D eigenvalue weighted by atomic mass is 127. The molecule has 180 valence electrons. The second-order valence-electron chi connectivity index (χ2n) is 8.81. The van der Waals surface area contributed by atoms with Gasteiger partial charge in [0.15, 0.2) is 5.96 Å². The van der Waals surface area contributed by atoms with E-state index in [1.807, 2.05) is 7.05 Å². The van der Waals surface area contributed by atoms with Crippen molar-refractivity contribution in [3.63, 3.8) is 0 Å². The van der Waals surface area contributed by atoms with Crippen molar-refractivity contribution < 1.29 is 4.79 Å². The summed E-state index contributed by atoms with van der Waals surface area (Å²) in [5.41, 5.74) is 8.06.